The molecule has 0 unspecified atom stereocenters. The summed E-state index contributed by atoms with van der Waals surface area (Å²) in [5.74, 6) is 1.94. The second-order valence-electron chi connectivity index (χ2n) is 8.41. The first-order valence-electron chi connectivity index (χ1n) is 11.4. The smallest absolute Gasteiger partial charge is 0.238 e. The molecule has 3 aromatic carbocycles. The first-order valence-corrected chi connectivity index (χ1v) is 11.4. The van der Waals surface area contributed by atoms with Gasteiger partial charge in [-0.25, -0.2) is 9.97 Å². The molecular weight excluding hydrogens is 454 g/mol. The van der Waals surface area contributed by atoms with Gasteiger partial charge in [-0.2, -0.15) is 0 Å². The molecule has 0 radical (unpaired) electrons. The van der Waals surface area contributed by atoms with Crippen LogP contribution in [0.25, 0.3) is 22.5 Å². The average molecular weight is 484 g/mol. The molecule has 8 heteroatoms. The predicted molar refractivity (Wildman–Crippen MR) is 143 cm³/mol. The van der Waals surface area contributed by atoms with E-state index in [1.165, 1.54) is 0 Å². The molecule has 0 spiro atoms. The van der Waals surface area contributed by atoms with Crippen LogP contribution in [0.1, 0.15) is 0 Å². The Kier molecular flexibility index (Phi) is 7.77. The van der Waals surface area contributed by atoms with Crippen LogP contribution in [0.4, 0.5) is 17.3 Å². The summed E-state index contributed by atoms with van der Waals surface area (Å²) in [4.78, 5) is 23.3. The maximum Gasteiger partial charge on any atom is 0.238 e. The fourth-order valence-corrected chi connectivity index (χ4v) is 3.58. The average Bonchev–Trinajstić information content (AvgIpc) is 2.89. The number of benzene rings is 3. The fraction of sp³-hybridized carbons (Fsp3) is 0.179. The van der Waals surface area contributed by atoms with E-state index in [0.29, 0.717) is 12.5 Å². The van der Waals surface area contributed by atoms with E-state index in [2.05, 4.69) is 10.6 Å². The Bertz CT molecular complexity index is 1240. The molecule has 0 bridgehead atoms. The van der Waals surface area contributed by atoms with E-state index < -0.39 is 0 Å². The van der Waals surface area contributed by atoms with E-state index in [4.69, 9.17) is 19.4 Å². The number of likely N-dealkylation sites (N-methyl/N-ethyl adjacent to an activating group) is 1. The lowest BCUT2D eigenvalue weighted by atomic mass is 10.1. The first kappa shape index (κ1) is 24.7. The normalized spacial score (nSPS) is 10.7. The summed E-state index contributed by atoms with van der Waals surface area (Å²) < 4.78 is 10.6. The SMILES string of the molecule is COc1ccc(-c2cc(-c3ccc(OC)cc3)nc(Nc3ccc(NC(=O)CN(C)C)cc3)n2)cc1. The van der Waals surface area contributed by atoms with Crippen LogP contribution in [0.2, 0.25) is 0 Å². The second kappa shape index (κ2) is 11.3. The summed E-state index contributed by atoms with van der Waals surface area (Å²) in [7, 11) is 6.99. The van der Waals surface area contributed by atoms with Gasteiger partial charge in [-0.3, -0.25) is 4.79 Å². The number of carbonyl (C=O) groups is 1. The highest BCUT2D eigenvalue weighted by atomic mass is 16.5. The number of rotatable bonds is 9. The highest BCUT2D eigenvalue weighted by Gasteiger charge is 2.11. The molecule has 0 fully saturated rings. The summed E-state index contributed by atoms with van der Waals surface area (Å²) in [6, 6.07) is 24.9. The molecule has 1 aromatic heterocycles. The summed E-state index contributed by atoms with van der Waals surface area (Å²) in [6.45, 7) is 0.320. The van der Waals surface area contributed by atoms with Crippen molar-refractivity contribution in [1.82, 2.24) is 14.9 Å². The zero-order valence-electron chi connectivity index (χ0n) is 20.8. The molecule has 1 heterocycles. The molecule has 0 saturated carbocycles. The molecule has 0 aliphatic carbocycles. The quantitative estimate of drug-likeness (QED) is 0.344. The number of amides is 1. The van der Waals surface area contributed by atoms with Gasteiger partial charge in [0.05, 0.1) is 32.2 Å². The van der Waals surface area contributed by atoms with Crippen molar-refractivity contribution in [2.45, 2.75) is 0 Å². The van der Waals surface area contributed by atoms with Crippen LogP contribution in [0.15, 0.2) is 78.9 Å². The van der Waals surface area contributed by atoms with E-state index >= 15 is 0 Å². The number of methoxy groups -OCH3 is 2. The number of ether oxygens (including phenoxy) is 2. The second-order valence-corrected chi connectivity index (χ2v) is 8.41. The molecule has 2 N–H and O–H groups in total. The Morgan fingerprint density at radius 3 is 1.67 bits per heavy atom. The van der Waals surface area contributed by atoms with E-state index in [1.807, 2.05) is 97.9 Å². The molecule has 36 heavy (non-hydrogen) atoms. The molecule has 184 valence electrons. The molecule has 4 aromatic rings. The van der Waals surface area contributed by atoms with Gasteiger partial charge in [0.2, 0.25) is 11.9 Å². The monoisotopic (exact) mass is 483 g/mol. The minimum atomic E-state index is -0.0691. The number of hydrogen-bond donors (Lipinski definition) is 2. The Morgan fingerprint density at radius 2 is 1.22 bits per heavy atom. The van der Waals surface area contributed by atoms with Gasteiger partial charge in [-0.1, -0.05) is 0 Å². The first-order chi connectivity index (χ1) is 17.4. The number of nitrogens with one attached hydrogen (secondary N) is 2. The van der Waals surface area contributed by atoms with E-state index in [9.17, 15) is 4.79 Å². The lowest BCUT2D eigenvalue weighted by molar-refractivity contribution is -0.116. The topological polar surface area (TPSA) is 88.6 Å². The van der Waals surface area contributed by atoms with Crippen LogP contribution < -0.4 is 20.1 Å². The van der Waals surface area contributed by atoms with E-state index in [1.54, 1.807) is 14.2 Å². The highest BCUT2D eigenvalue weighted by Crippen LogP contribution is 2.29. The molecule has 4 rings (SSSR count). The zero-order valence-corrected chi connectivity index (χ0v) is 20.8. The third kappa shape index (κ3) is 6.37. The summed E-state index contributed by atoms with van der Waals surface area (Å²) in [6.07, 6.45) is 0. The van der Waals surface area contributed by atoms with Gasteiger partial charge >= 0.3 is 0 Å². The molecular formula is C28H29N5O3. The number of hydrogen-bond acceptors (Lipinski definition) is 7. The molecule has 0 saturated heterocycles. The largest absolute Gasteiger partial charge is 0.497 e. The van der Waals surface area contributed by atoms with Crippen LogP contribution in [0.5, 0.6) is 11.5 Å². The van der Waals surface area contributed by atoms with Crippen molar-refractivity contribution >= 4 is 23.2 Å². The van der Waals surface area contributed by atoms with Gasteiger partial charge in [-0.05, 0) is 93.0 Å². The Balaban J connectivity index is 1.62. The van der Waals surface area contributed by atoms with Crippen molar-refractivity contribution < 1.29 is 14.3 Å². The Hall–Kier alpha value is -4.43. The zero-order chi connectivity index (χ0) is 25.5. The van der Waals surface area contributed by atoms with Gasteiger partial charge in [0.1, 0.15) is 11.5 Å². The van der Waals surface area contributed by atoms with Crippen LogP contribution in [-0.4, -0.2) is 55.6 Å². The Morgan fingerprint density at radius 1 is 0.750 bits per heavy atom. The maximum absolute atomic E-state index is 12.0. The minimum absolute atomic E-state index is 0.0691. The number of nitrogens with zero attached hydrogens (tertiary/aromatic N) is 3. The van der Waals surface area contributed by atoms with Crippen molar-refractivity contribution in [1.29, 1.82) is 0 Å². The molecule has 0 aliphatic heterocycles. The number of carbonyl (C=O) groups excluding carboxylic acids is 1. The van der Waals surface area contributed by atoms with Crippen molar-refractivity contribution in [3.8, 4) is 34.0 Å². The van der Waals surface area contributed by atoms with Crippen molar-refractivity contribution in [2.24, 2.45) is 0 Å². The Labute approximate surface area is 210 Å². The third-order valence-electron chi connectivity index (χ3n) is 5.38. The van der Waals surface area contributed by atoms with Gasteiger partial charge in [-0.15, -0.1) is 0 Å². The molecule has 8 nitrogen and oxygen atoms in total. The summed E-state index contributed by atoms with van der Waals surface area (Å²) >= 11 is 0. The fourth-order valence-electron chi connectivity index (χ4n) is 3.58. The van der Waals surface area contributed by atoms with Crippen LogP contribution in [-0.2, 0) is 4.79 Å². The lowest BCUT2D eigenvalue weighted by Crippen LogP contribution is -2.27. The molecule has 0 atom stereocenters. The predicted octanol–water partition coefficient (Wildman–Crippen LogP) is 5.07. The lowest BCUT2D eigenvalue weighted by Gasteiger charge is -2.12. The van der Waals surface area contributed by atoms with Crippen LogP contribution in [0, 0.1) is 0 Å². The number of anilines is 3. The van der Waals surface area contributed by atoms with Crippen LogP contribution >= 0.6 is 0 Å². The third-order valence-corrected chi connectivity index (χ3v) is 5.38. The van der Waals surface area contributed by atoms with Crippen molar-refractivity contribution in [3.63, 3.8) is 0 Å². The molecule has 1 amide bonds. The van der Waals surface area contributed by atoms with Crippen molar-refractivity contribution in [3.05, 3.63) is 78.9 Å². The maximum atomic E-state index is 12.0. The minimum Gasteiger partial charge on any atom is -0.497 e. The van der Waals surface area contributed by atoms with Gasteiger partial charge in [0.25, 0.3) is 0 Å². The van der Waals surface area contributed by atoms with E-state index in [0.717, 1.165) is 45.4 Å². The van der Waals surface area contributed by atoms with Gasteiger partial charge in [0, 0.05) is 22.5 Å². The standard InChI is InChI=1S/C28H29N5O3/c1-33(2)18-27(34)29-21-9-11-22(12-10-21)30-28-31-25(19-5-13-23(35-3)14-6-19)17-26(32-28)20-7-15-24(36-4)16-8-20/h5-17H,18H2,1-4H3,(H,29,34)(H,30,31,32). The van der Waals surface area contributed by atoms with Crippen LogP contribution in [0.3, 0.4) is 0 Å². The van der Waals surface area contributed by atoms with Crippen molar-refractivity contribution in [2.75, 3.05) is 45.5 Å². The highest BCUT2D eigenvalue weighted by molar-refractivity contribution is 5.92. The van der Waals surface area contributed by atoms with Gasteiger partial charge in [0.15, 0.2) is 0 Å². The number of aromatic nitrogens is 2. The van der Waals surface area contributed by atoms with E-state index in [-0.39, 0.29) is 5.91 Å². The van der Waals surface area contributed by atoms with Gasteiger partial charge < -0.3 is 25.0 Å². The summed E-state index contributed by atoms with van der Waals surface area (Å²) in [5, 5.41) is 6.17. The summed E-state index contributed by atoms with van der Waals surface area (Å²) in [5.41, 5.74) is 4.94. The molecule has 0 aliphatic rings.